The predicted octanol–water partition coefficient (Wildman–Crippen LogP) is 3.01. The van der Waals surface area contributed by atoms with E-state index < -0.39 is 23.7 Å². The Morgan fingerprint density at radius 2 is 2.00 bits per heavy atom. The van der Waals surface area contributed by atoms with Crippen LogP contribution in [-0.2, 0) is 19.1 Å². The summed E-state index contributed by atoms with van der Waals surface area (Å²) >= 11 is 1.43. The monoisotopic (exact) mass is 501 g/mol. The van der Waals surface area contributed by atoms with Gasteiger partial charge in [-0.25, -0.2) is 4.79 Å². The topological polar surface area (TPSA) is 112 Å². The van der Waals surface area contributed by atoms with E-state index in [4.69, 9.17) is 9.47 Å². The summed E-state index contributed by atoms with van der Waals surface area (Å²) in [4.78, 5) is 46.3. The van der Waals surface area contributed by atoms with Gasteiger partial charge in [0.15, 0.2) is 0 Å². The van der Waals surface area contributed by atoms with E-state index in [0.29, 0.717) is 43.0 Å². The molecule has 0 spiro atoms. The highest BCUT2D eigenvalue weighted by Gasteiger charge is 2.46. The predicted molar refractivity (Wildman–Crippen MR) is 131 cm³/mol. The van der Waals surface area contributed by atoms with Gasteiger partial charge in [-0.3, -0.25) is 14.5 Å². The average molecular weight is 502 g/mol. The summed E-state index contributed by atoms with van der Waals surface area (Å²) < 4.78 is 10.5. The minimum Gasteiger partial charge on any atom is -0.507 e. The number of aromatic amines is 1. The lowest BCUT2D eigenvalue weighted by Gasteiger charge is -2.28. The first-order chi connectivity index (χ1) is 16.8. The number of aryl methyl sites for hydroxylation is 1. The van der Waals surface area contributed by atoms with Gasteiger partial charge in [-0.15, -0.1) is 11.3 Å². The molecule has 4 rings (SSSR count). The fourth-order valence-corrected chi connectivity index (χ4v) is 5.64. The number of Topliss-reactive ketones (excluding diaryl/α,β-unsaturated/α-hetero) is 1. The molecule has 188 valence electrons. The molecule has 2 aromatic rings. The van der Waals surface area contributed by atoms with E-state index in [1.54, 1.807) is 25.7 Å². The second kappa shape index (κ2) is 10.8. The van der Waals surface area contributed by atoms with E-state index in [1.165, 1.54) is 11.3 Å². The zero-order valence-corrected chi connectivity index (χ0v) is 21.1. The Kier molecular flexibility index (Phi) is 7.73. The first-order valence-electron chi connectivity index (χ1n) is 11.8. The molecule has 10 heteroatoms. The second-order valence-electron chi connectivity index (χ2n) is 8.66. The van der Waals surface area contributed by atoms with E-state index in [1.807, 2.05) is 17.5 Å². The highest BCUT2D eigenvalue weighted by atomic mass is 32.1. The zero-order valence-electron chi connectivity index (χ0n) is 20.3. The number of esters is 1. The summed E-state index contributed by atoms with van der Waals surface area (Å²) in [7, 11) is 0. The number of aromatic nitrogens is 1. The van der Waals surface area contributed by atoms with Crippen LogP contribution >= 0.6 is 11.3 Å². The number of morpholine rings is 1. The molecule has 1 amide bonds. The van der Waals surface area contributed by atoms with Crippen molar-refractivity contribution >= 4 is 34.8 Å². The van der Waals surface area contributed by atoms with Crippen LogP contribution in [0.2, 0.25) is 0 Å². The van der Waals surface area contributed by atoms with Crippen LogP contribution in [0.15, 0.2) is 23.1 Å². The molecule has 4 heterocycles. The molecule has 0 bridgehead atoms. The third-order valence-corrected chi connectivity index (χ3v) is 7.41. The maximum absolute atomic E-state index is 13.2. The maximum atomic E-state index is 13.2. The summed E-state index contributed by atoms with van der Waals surface area (Å²) in [6, 6.07) is 3.04. The van der Waals surface area contributed by atoms with Crippen LogP contribution in [0.5, 0.6) is 0 Å². The molecule has 0 unspecified atom stereocenters. The van der Waals surface area contributed by atoms with E-state index in [0.717, 1.165) is 24.5 Å². The van der Waals surface area contributed by atoms with Crippen molar-refractivity contribution < 1.29 is 29.0 Å². The zero-order chi connectivity index (χ0) is 25.1. The lowest BCUT2D eigenvalue weighted by Crippen LogP contribution is -2.38. The Bertz CT molecular complexity index is 1130. The molecule has 0 radical (unpaired) electrons. The van der Waals surface area contributed by atoms with Gasteiger partial charge in [0.2, 0.25) is 0 Å². The van der Waals surface area contributed by atoms with Crippen LogP contribution < -0.4 is 0 Å². The highest BCUT2D eigenvalue weighted by molar-refractivity contribution is 7.10. The molecule has 2 saturated heterocycles. The second-order valence-corrected chi connectivity index (χ2v) is 9.64. The molecule has 0 saturated carbocycles. The molecule has 2 aromatic heterocycles. The van der Waals surface area contributed by atoms with E-state index >= 15 is 0 Å². The smallest absolute Gasteiger partial charge is 0.355 e. The van der Waals surface area contributed by atoms with Crippen LogP contribution in [0.25, 0.3) is 5.76 Å². The number of carbonyl (C=O) groups is 3. The Morgan fingerprint density at radius 1 is 1.26 bits per heavy atom. The number of carbonyl (C=O) groups excluding carboxylic acids is 3. The lowest BCUT2D eigenvalue weighted by atomic mass is 9.97. The molecule has 35 heavy (non-hydrogen) atoms. The van der Waals surface area contributed by atoms with Gasteiger partial charge in [-0.1, -0.05) is 6.07 Å². The Hall–Kier alpha value is -2.95. The maximum Gasteiger partial charge on any atom is 0.355 e. The molecule has 0 aliphatic carbocycles. The first-order valence-corrected chi connectivity index (χ1v) is 12.7. The quantitative estimate of drug-likeness (QED) is 0.247. The average Bonchev–Trinajstić information content (AvgIpc) is 3.53. The number of ketones is 1. The summed E-state index contributed by atoms with van der Waals surface area (Å²) in [5.41, 5.74) is 1.61. The van der Waals surface area contributed by atoms with Gasteiger partial charge >= 0.3 is 5.97 Å². The number of aliphatic hydroxyl groups excluding tert-OH is 1. The van der Waals surface area contributed by atoms with E-state index in [2.05, 4.69) is 9.88 Å². The molecule has 2 fully saturated rings. The third kappa shape index (κ3) is 4.91. The van der Waals surface area contributed by atoms with Crippen molar-refractivity contribution in [3.63, 3.8) is 0 Å². The Balaban J connectivity index is 1.68. The molecular formula is C25H31N3O6S. The fraction of sp³-hybridized carbons (Fsp3) is 0.480. The number of rotatable bonds is 8. The summed E-state index contributed by atoms with van der Waals surface area (Å²) in [6.45, 7) is 9.60. The highest BCUT2D eigenvalue weighted by Crippen LogP contribution is 2.42. The van der Waals surface area contributed by atoms with E-state index in [9.17, 15) is 19.5 Å². The first kappa shape index (κ1) is 25.2. The number of amides is 1. The van der Waals surface area contributed by atoms with Crippen molar-refractivity contribution in [2.75, 3.05) is 46.0 Å². The molecular weight excluding hydrogens is 470 g/mol. The number of thiophene rings is 1. The SMILES string of the molecule is CCOC(=O)c1[nH]c(C)c(/C(O)=C2\C(=O)C(=O)N(CCCN3CCOCC3)[C@H]2c2cccs2)c1C. The number of ether oxygens (including phenoxy) is 2. The van der Waals surface area contributed by atoms with Crippen LogP contribution in [0, 0.1) is 13.8 Å². The Morgan fingerprint density at radius 3 is 2.66 bits per heavy atom. The van der Waals surface area contributed by atoms with Crippen molar-refractivity contribution in [3.05, 3.63) is 50.5 Å². The third-order valence-electron chi connectivity index (χ3n) is 6.48. The van der Waals surface area contributed by atoms with Crippen LogP contribution in [0.1, 0.15) is 51.6 Å². The minimum atomic E-state index is -0.718. The Labute approximate surface area is 208 Å². The van der Waals surface area contributed by atoms with Gasteiger partial charge in [0, 0.05) is 42.3 Å². The minimum absolute atomic E-state index is 0.0458. The van der Waals surface area contributed by atoms with Crippen molar-refractivity contribution in [1.29, 1.82) is 0 Å². The number of nitrogens with one attached hydrogen (secondary N) is 1. The van der Waals surface area contributed by atoms with Gasteiger partial charge in [0.05, 0.1) is 31.4 Å². The van der Waals surface area contributed by atoms with Gasteiger partial charge in [0.25, 0.3) is 11.7 Å². The number of H-pyrrole nitrogens is 1. The summed E-state index contributed by atoms with van der Waals surface area (Å²) in [5, 5.41) is 13.3. The van der Waals surface area contributed by atoms with E-state index in [-0.39, 0.29) is 23.6 Å². The van der Waals surface area contributed by atoms with Crippen molar-refractivity contribution in [1.82, 2.24) is 14.8 Å². The number of hydrogen-bond acceptors (Lipinski definition) is 8. The standard InChI is InChI=1S/C25H31N3O6S/c1-4-34-25(32)20-15(2)18(16(3)26-20)22(29)19-21(17-7-5-14-35-17)28(24(31)23(19)30)9-6-8-27-10-12-33-13-11-27/h5,7,14,21,26,29H,4,6,8-13H2,1-3H3/b22-19+/t21-/m0/s1. The number of likely N-dealkylation sites (tertiary alicyclic amines) is 1. The number of nitrogens with zero attached hydrogens (tertiary/aromatic N) is 2. The van der Waals surface area contributed by atoms with Gasteiger partial charge in [-0.05, 0) is 44.2 Å². The lowest BCUT2D eigenvalue weighted by molar-refractivity contribution is -0.140. The van der Waals surface area contributed by atoms with Crippen LogP contribution in [-0.4, -0.2) is 83.5 Å². The molecule has 2 N–H and O–H groups in total. The number of hydrogen-bond donors (Lipinski definition) is 2. The van der Waals surface area contributed by atoms with Crippen LogP contribution in [0.4, 0.5) is 0 Å². The van der Waals surface area contributed by atoms with Gasteiger partial charge < -0.3 is 24.5 Å². The van der Waals surface area contributed by atoms with Gasteiger partial charge in [-0.2, -0.15) is 0 Å². The van der Waals surface area contributed by atoms with Crippen LogP contribution in [0.3, 0.4) is 0 Å². The molecule has 9 nitrogen and oxygen atoms in total. The normalized spacial score (nSPS) is 20.5. The summed E-state index contributed by atoms with van der Waals surface area (Å²) in [6.07, 6.45) is 0.699. The fourth-order valence-electron chi connectivity index (χ4n) is 4.79. The van der Waals surface area contributed by atoms with Crippen molar-refractivity contribution in [3.8, 4) is 0 Å². The summed E-state index contributed by atoms with van der Waals surface area (Å²) in [5.74, 6) is -2.15. The van der Waals surface area contributed by atoms with Crippen molar-refractivity contribution in [2.24, 2.45) is 0 Å². The molecule has 1 atom stereocenters. The number of aliphatic hydroxyl groups is 1. The molecule has 2 aliphatic rings. The molecule has 2 aliphatic heterocycles. The largest absolute Gasteiger partial charge is 0.507 e. The van der Waals surface area contributed by atoms with Crippen molar-refractivity contribution in [2.45, 2.75) is 33.2 Å². The van der Waals surface area contributed by atoms with Gasteiger partial charge in [0.1, 0.15) is 11.5 Å². The molecule has 0 aromatic carbocycles.